The van der Waals surface area contributed by atoms with Crippen LogP contribution >= 0.6 is 0 Å². The van der Waals surface area contributed by atoms with Gasteiger partial charge in [0, 0.05) is 6.61 Å². The van der Waals surface area contributed by atoms with Crippen molar-refractivity contribution >= 4 is 0 Å². The van der Waals surface area contributed by atoms with Gasteiger partial charge in [0.05, 0.1) is 0 Å². The summed E-state index contributed by atoms with van der Waals surface area (Å²) in [5.41, 5.74) is 5.68. The molecular formula is C18H32O. The van der Waals surface area contributed by atoms with Gasteiger partial charge < -0.3 is 5.11 Å². The van der Waals surface area contributed by atoms with Crippen LogP contribution in [0.2, 0.25) is 0 Å². The maximum Gasteiger partial charge on any atom is 0.0439 e. The molecule has 1 rings (SSSR count). The van der Waals surface area contributed by atoms with E-state index in [1.54, 1.807) is 0 Å². The van der Waals surface area contributed by atoms with Gasteiger partial charge in [0.25, 0.3) is 0 Å². The first kappa shape index (κ1) is 18.2. The predicted octanol–water partition coefficient (Wildman–Crippen LogP) is 4.94. The fourth-order valence-corrected chi connectivity index (χ4v) is 2.90. The SMILES string of the molecule is CC.CCCc1cc(C)cc(C)c1C(C)(C)CCO. The van der Waals surface area contributed by atoms with Gasteiger partial charge in [0.2, 0.25) is 0 Å². The van der Waals surface area contributed by atoms with Gasteiger partial charge in [-0.25, -0.2) is 0 Å². The van der Waals surface area contributed by atoms with Crippen molar-refractivity contribution in [1.82, 2.24) is 0 Å². The maximum atomic E-state index is 9.23. The summed E-state index contributed by atoms with van der Waals surface area (Å²) in [5, 5.41) is 9.23. The molecule has 19 heavy (non-hydrogen) atoms. The summed E-state index contributed by atoms with van der Waals surface area (Å²) in [6.07, 6.45) is 3.13. The van der Waals surface area contributed by atoms with Crippen LogP contribution in [-0.2, 0) is 11.8 Å². The van der Waals surface area contributed by atoms with Crippen LogP contribution < -0.4 is 0 Å². The lowest BCUT2D eigenvalue weighted by Crippen LogP contribution is -2.22. The van der Waals surface area contributed by atoms with Crippen LogP contribution in [0.15, 0.2) is 12.1 Å². The Morgan fingerprint density at radius 2 is 1.68 bits per heavy atom. The second-order valence-corrected chi connectivity index (χ2v) is 5.72. The molecule has 0 aliphatic carbocycles. The predicted molar refractivity (Wildman–Crippen MR) is 86.0 cm³/mol. The fraction of sp³-hybridized carbons (Fsp3) is 0.667. The van der Waals surface area contributed by atoms with Gasteiger partial charge in [-0.15, -0.1) is 0 Å². The number of aryl methyl sites for hydroxylation is 3. The number of aliphatic hydroxyl groups is 1. The van der Waals surface area contributed by atoms with Crippen LogP contribution in [-0.4, -0.2) is 11.7 Å². The molecule has 1 heteroatoms. The summed E-state index contributed by atoms with van der Waals surface area (Å²) in [5.74, 6) is 0. The van der Waals surface area contributed by atoms with Gasteiger partial charge in [0.15, 0.2) is 0 Å². The molecule has 0 atom stereocenters. The molecule has 0 unspecified atom stereocenters. The average molecular weight is 264 g/mol. The summed E-state index contributed by atoms with van der Waals surface area (Å²) < 4.78 is 0. The Hall–Kier alpha value is -0.820. The van der Waals surface area contributed by atoms with E-state index in [0.29, 0.717) is 0 Å². The first-order chi connectivity index (χ1) is 8.92. The maximum absolute atomic E-state index is 9.23. The molecule has 0 aliphatic rings. The zero-order valence-electron chi connectivity index (χ0n) is 13.9. The van der Waals surface area contributed by atoms with E-state index < -0.39 is 0 Å². The van der Waals surface area contributed by atoms with E-state index in [0.717, 1.165) is 12.8 Å². The Kier molecular flexibility index (Phi) is 8.01. The van der Waals surface area contributed by atoms with Crippen LogP contribution in [0.3, 0.4) is 0 Å². The molecule has 0 aliphatic heterocycles. The highest BCUT2D eigenvalue weighted by Crippen LogP contribution is 2.33. The summed E-state index contributed by atoms with van der Waals surface area (Å²) in [7, 11) is 0. The molecule has 0 amide bonds. The van der Waals surface area contributed by atoms with E-state index in [1.165, 1.54) is 28.7 Å². The molecule has 0 bridgehead atoms. The largest absolute Gasteiger partial charge is 0.396 e. The minimum Gasteiger partial charge on any atom is -0.396 e. The smallest absolute Gasteiger partial charge is 0.0439 e. The Labute approximate surface area is 120 Å². The number of hydrogen-bond donors (Lipinski definition) is 1. The minimum atomic E-state index is 0.0665. The Balaban J connectivity index is 0.00000154. The van der Waals surface area contributed by atoms with Crippen molar-refractivity contribution in [3.8, 4) is 0 Å². The molecule has 0 saturated heterocycles. The minimum absolute atomic E-state index is 0.0665. The van der Waals surface area contributed by atoms with Crippen molar-refractivity contribution in [3.05, 3.63) is 34.4 Å². The molecule has 0 radical (unpaired) electrons. The summed E-state index contributed by atoms with van der Waals surface area (Å²) in [6.45, 7) is 15.3. The standard InChI is InChI=1S/C16H26O.C2H6/c1-6-7-14-11-12(2)10-13(3)15(14)16(4,5)8-9-17;1-2/h10-11,17H,6-9H2,1-5H3;1-2H3. The first-order valence-corrected chi connectivity index (χ1v) is 7.64. The third-order valence-electron chi connectivity index (χ3n) is 3.49. The highest BCUT2D eigenvalue weighted by atomic mass is 16.3. The molecule has 0 aromatic heterocycles. The highest BCUT2D eigenvalue weighted by molar-refractivity contribution is 5.43. The quantitative estimate of drug-likeness (QED) is 0.798. The van der Waals surface area contributed by atoms with Crippen LogP contribution in [0.4, 0.5) is 0 Å². The van der Waals surface area contributed by atoms with Gasteiger partial charge in [-0.3, -0.25) is 0 Å². The lowest BCUT2D eigenvalue weighted by Gasteiger charge is -2.29. The zero-order valence-corrected chi connectivity index (χ0v) is 13.9. The van der Waals surface area contributed by atoms with Gasteiger partial charge in [-0.05, 0) is 48.8 Å². The van der Waals surface area contributed by atoms with Crippen LogP contribution in [0.25, 0.3) is 0 Å². The monoisotopic (exact) mass is 264 g/mol. The molecule has 0 spiro atoms. The van der Waals surface area contributed by atoms with Crippen molar-refractivity contribution in [3.63, 3.8) is 0 Å². The molecule has 1 nitrogen and oxygen atoms in total. The Morgan fingerprint density at radius 1 is 1.11 bits per heavy atom. The Morgan fingerprint density at radius 3 is 2.16 bits per heavy atom. The topological polar surface area (TPSA) is 20.2 Å². The van der Waals surface area contributed by atoms with Crippen molar-refractivity contribution in [2.24, 2.45) is 0 Å². The molecule has 0 fully saturated rings. The molecule has 1 N–H and O–H groups in total. The van der Waals surface area contributed by atoms with Crippen LogP contribution in [0.1, 0.15) is 69.7 Å². The summed E-state index contributed by atoms with van der Waals surface area (Å²) >= 11 is 0. The van der Waals surface area contributed by atoms with Crippen molar-refractivity contribution in [2.45, 2.75) is 73.1 Å². The highest BCUT2D eigenvalue weighted by Gasteiger charge is 2.24. The first-order valence-electron chi connectivity index (χ1n) is 7.64. The number of benzene rings is 1. The molecule has 0 heterocycles. The van der Waals surface area contributed by atoms with Gasteiger partial charge in [0.1, 0.15) is 0 Å². The Bertz CT molecular complexity index is 378. The van der Waals surface area contributed by atoms with Crippen molar-refractivity contribution in [2.75, 3.05) is 6.61 Å². The van der Waals surface area contributed by atoms with Crippen molar-refractivity contribution in [1.29, 1.82) is 0 Å². The number of aliphatic hydroxyl groups excluding tert-OH is 1. The van der Waals surface area contributed by atoms with Crippen molar-refractivity contribution < 1.29 is 5.11 Å². The second-order valence-electron chi connectivity index (χ2n) is 5.72. The molecule has 1 aromatic rings. The summed E-state index contributed by atoms with van der Waals surface area (Å²) in [4.78, 5) is 0. The van der Waals surface area contributed by atoms with E-state index in [4.69, 9.17) is 0 Å². The van der Waals surface area contributed by atoms with E-state index in [2.05, 4.69) is 46.8 Å². The number of hydrogen-bond acceptors (Lipinski definition) is 1. The molecule has 0 saturated carbocycles. The number of rotatable bonds is 5. The van der Waals surface area contributed by atoms with E-state index in [9.17, 15) is 5.11 Å². The van der Waals surface area contributed by atoms with Gasteiger partial charge in [-0.1, -0.05) is 58.7 Å². The van der Waals surface area contributed by atoms with E-state index in [1.807, 2.05) is 13.8 Å². The van der Waals surface area contributed by atoms with E-state index in [-0.39, 0.29) is 12.0 Å². The lowest BCUT2D eigenvalue weighted by atomic mass is 9.75. The second kappa shape index (κ2) is 8.37. The molecule has 1 aromatic carbocycles. The third kappa shape index (κ3) is 4.99. The van der Waals surface area contributed by atoms with Crippen LogP contribution in [0, 0.1) is 13.8 Å². The third-order valence-corrected chi connectivity index (χ3v) is 3.49. The fourth-order valence-electron chi connectivity index (χ4n) is 2.90. The zero-order chi connectivity index (χ0) is 15.1. The van der Waals surface area contributed by atoms with E-state index >= 15 is 0 Å². The summed E-state index contributed by atoms with van der Waals surface area (Å²) in [6, 6.07) is 4.57. The normalized spacial score (nSPS) is 10.9. The average Bonchev–Trinajstić information content (AvgIpc) is 2.30. The molecular weight excluding hydrogens is 232 g/mol. The van der Waals surface area contributed by atoms with Gasteiger partial charge >= 0.3 is 0 Å². The molecule has 110 valence electrons. The van der Waals surface area contributed by atoms with Crippen LogP contribution in [0.5, 0.6) is 0 Å². The van der Waals surface area contributed by atoms with Gasteiger partial charge in [-0.2, -0.15) is 0 Å². The lowest BCUT2D eigenvalue weighted by molar-refractivity contribution is 0.251.